The van der Waals surface area contributed by atoms with Crippen molar-refractivity contribution in [2.75, 3.05) is 20.1 Å². The van der Waals surface area contributed by atoms with Crippen molar-refractivity contribution in [3.8, 4) is 0 Å². The molecule has 0 radical (unpaired) electrons. The first-order valence-electron chi connectivity index (χ1n) is 6.43. The Kier molecular flexibility index (Phi) is 4.12. The van der Waals surface area contributed by atoms with Crippen LogP contribution in [0.5, 0.6) is 0 Å². The van der Waals surface area contributed by atoms with Gasteiger partial charge in [0.2, 0.25) is 11.8 Å². The van der Waals surface area contributed by atoms with Gasteiger partial charge in [-0.25, -0.2) is 0 Å². The number of piperidine rings is 1. The second-order valence-corrected chi connectivity index (χ2v) is 5.10. The lowest BCUT2D eigenvalue weighted by molar-refractivity contribution is -0.134. The van der Waals surface area contributed by atoms with Crippen LogP contribution in [0.4, 0.5) is 0 Å². The van der Waals surface area contributed by atoms with E-state index in [0.29, 0.717) is 18.9 Å². The van der Waals surface area contributed by atoms with E-state index in [4.69, 9.17) is 0 Å². The number of carbonyl (C=O) groups excluding carboxylic acids is 2. The smallest absolute Gasteiger partial charge is 0.243 e. The molecule has 5 nitrogen and oxygen atoms in total. The van der Waals surface area contributed by atoms with E-state index < -0.39 is 0 Å². The predicted octanol–water partition coefficient (Wildman–Crippen LogP) is -0.134. The highest BCUT2D eigenvalue weighted by Crippen LogP contribution is 2.13. The predicted molar refractivity (Wildman–Crippen MR) is 64.4 cm³/mol. The van der Waals surface area contributed by atoms with Crippen molar-refractivity contribution in [1.29, 1.82) is 0 Å². The maximum absolute atomic E-state index is 11.6. The molecule has 0 spiro atoms. The van der Waals surface area contributed by atoms with Gasteiger partial charge in [0.15, 0.2) is 0 Å². The molecule has 2 atom stereocenters. The largest absolute Gasteiger partial charge is 0.306 e. The Labute approximate surface area is 102 Å². The lowest BCUT2D eigenvalue weighted by Crippen LogP contribution is -2.53. The summed E-state index contributed by atoms with van der Waals surface area (Å²) in [5.41, 5.74) is 0. The summed E-state index contributed by atoms with van der Waals surface area (Å²) in [5.74, 6) is -0.299. The summed E-state index contributed by atoms with van der Waals surface area (Å²) in [5, 5.41) is 5.79. The van der Waals surface area contributed by atoms with E-state index in [0.717, 1.165) is 25.9 Å². The highest BCUT2D eigenvalue weighted by Gasteiger charge is 2.28. The third-order valence-electron chi connectivity index (χ3n) is 3.63. The van der Waals surface area contributed by atoms with Gasteiger partial charge in [-0.15, -0.1) is 0 Å². The van der Waals surface area contributed by atoms with Crippen molar-refractivity contribution in [2.24, 2.45) is 0 Å². The fraction of sp³-hybridized carbons (Fsp3) is 0.833. The summed E-state index contributed by atoms with van der Waals surface area (Å²) in [6, 6.07) is 0.227. The molecule has 2 unspecified atom stereocenters. The molecule has 0 bridgehead atoms. The normalized spacial score (nSPS) is 32.1. The average molecular weight is 239 g/mol. The van der Waals surface area contributed by atoms with Crippen LogP contribution in [0, 0.1) is 0 Å². The summed E-state index contributed by atoms with van der Waals surface area (Å²) >= 11 is 0. The van der Waals surface area contributed by atoms with Crippen LogP contribution in [0.1, 0.15) is 32.1 Å². The summed E-state index contributed by atoms with van der Waals surface area (Å²) in [6.07, 6.45) is 4.45. The minimum Gasteiger partial charge on any atom is -0.306 e. The van der Waals surface area contributed by atoms with Gasteiger partial charge in [0.05, 0.1) is 6.04 Å². The van der Waals surface area contributed by atoms with Crippen LogP contribution >= 0.6 is 0 Å². The van der Waals surface area contributed by atoms with Crippen LogP contribution in [-0.2, 0) is 9.59 Å². The van der Waals surface area contributed by atoms with Crippen molar-refractivity contribution >= 4 is 11.8 Å². The van der Waals surface area contributed by atoms with E-state index in [-0.39, 0.29) is 17.9 Å². The summed E-state index contributed by atoms with van der Waals surface area (Å²) in [4.78, 5) is 25.0. The highest BCUT2D eigenvalue weighted by atomic mass is 16.2. The molecule has 0 saturated carbocycles. The van der Waals surface area contributed by atoms with Gasteiger partial charge in [-0.3, -0.25) is 14.9 Å². The molecule has 2 heterocycles. The van der Waals surface area contributed by atoms with Gasteiger partial charge in [0, 0.05) is 12.5 Å². The third kappa shape index (κ3) is 3.51. The van der Waals surface area contributed by atoms with E-state index >= 15 is 0 Å². The van der Waals surface area contributed by atoms with E-state index in [2.05, 4.69) is 22.6 Å². The molecular formula is C12H21N3O2. The zero-order valence-electron chi connectivity index (χ0n) is 10.4. The molecular weight excluding hydrogens is 218 g/mol. The van der Waals surface area contributed by atoms with E-state index in [1.165, 1.54) is 6.42 Å². The molecule has 2 amide bonds. The van der Waals surface area contributed by atoms with Gasteiger partial charge in [0.1, 0.15) is 0 Å². The van der Waals surface area contributed by atoms with Crippen LogP contribution < -0.4 is 10.6 Å². The monoisotopic (exact) mass is 239 g/mol. The first-order chi connectivity index (χ1) is 8.15. The number of amides is 2. The average Bonchev–Trinajstić information content (AvgIpc) is 2.48. The van der Waals surface area contributed by atoms with E-state index in [1.807, 2.05) is 0 Å². The summed E-state index contributed by atoms with van der Waals surface area (Å²) in [6.45, 7) is 2.21. The van der Waals surface area contributed by atoms with E-state index in [9.17, 15) is 9.59 Å². The molecule has 2 aliphatic heterocycles. The second kappa shape index (κ2) is 5.60. The highest BCUT2D eigenvalue weighted by molar-refractivity contribution is 6.00. The molecule has 17 heavy (non-hydrogen) atoms. The molecule has 0 aromatic carbocycles. The van der Waals surface area contributed by atoms with Gasteiger partial charge >= 0.3 is 0 Å². The number of carbonyl (C=O) groups is 2. The maximum Gasteiger partial charge on any atom is 0.243 e. The van der Waals surface area contributed by atoms with Crippen LogP contribution in [0.3, 0.4) is 0 Å². The summed E-state index contributed by atoms with van der Waals surface area (Å²) < 4.78 is 0. The second-order valence-electron chi connectivity index (χ2n) is 5.10. The Hall–Kier alpha value is -0.940. The minimum absolute atomic E-state index is 0.145. The van der Waals surface area contributed by atoms with Crippen molar-refractivity contribution in [1.82, 2.24) is 15.5 Å². The fourth-order valence-electron chi connectivity index (χ4n) is 2.54. The lowest BCUT2D eigenvalue weighted by atomic mass is 10.0. The van der Waals surface area contributed by atoms with Crippen molar-refractivity contribution in [3.05, 3.63) is 0 Å². The Morgan fingerprint density at radius 3 is 2.82 bits per heavy atom. The SMILES string of the molecule is CN1CCCC(NC2CCC(=O)NC2=O)CC1. The van der Waals surface area contributed by atoms with Gasteiger partial charge in [0.25, 0.3) is 0 Å². The number of imide groups is 1. The van der Waals surface area contributed by atoms with Crippen molar-refractivity contribution in [2.45, 2.75) is 44.2 Å². The Morgan fingerprint density at radius 2 is 2.06 bits per heavy atom. The number of likely N-dealkylation sites (tertiary alicyclic amines) is 1. The Bertz CT molecular complexity index is 306. The molecule has 0 aromatic heterocycles. The minimum atomic E-state index is -0.180. The topological polar surface area (TPSA) is 61.4 Å². The first-order valence-corrected chi connectivity index (χ1v) is 6.43. The van der Waals surface area contributed by atoms with Crippen LogP contribution in [-0.4, -0.2) is 48.9 Å². The van der Waals surface area contributed by atoms with Crippen LogP contribution in [0.15, 0.2) is 0 Å². The zero-order chi connectivity index (χ0) is 12.3. The van der Waals surface area contributed by atoms with Crippen molar-refractivity contribution < 1.29 is 9.59 Å². The molecule has 96 valence electrons. The maximum atomic E-state index is 11.6. The van der Waals surface area contributed by atoms with Crippen LogP contribution in [0.25, 0.3) is 0 Å². The molecule has 2 fully saturated rings. The van der Waals surface area contributed by atoms with Gasteiger partial charge in [-0.05, 0) is 45.8 Å². The number of rotatable bonds is 2. The van der Waals surface area contributed by atoms with Gasteiger partial charge in [-0.2, -0.15) is 0 Å². The summed E-state index contributed by atoms with van der Waals surface area (Å²) in [7, 11) is 2.13. The number of hydrogen-bond donors (Lipinski definition) is 2. The third-order valence-corrected chi connectivity index (χ3v) is 3.63. The quantitative estimate of drug-likeness (QED) is 0.659. The Balaban J connectivity index is 1.83. The van der Waals surface area contributed by atoms with Gasteiger partial charge in [-0.1, -0.05) is 0 Å². The number of hydrogen-bond acceptors (Lipinski definition) is 4. The number of nitrogens with one attached hydrogen (secondary N) is 2. The Morgan fingerprint density at radius 1 is 1.24 bits per heavy atom. The van der Waals surface area contributed by atoms with E-state index in [1.54, 1.807) is 0 Å². The fourth-order valence-corrected chi connectivity index (χ4v) is 2.54. The molecule has 2 saturated heterocycles. The van der Waals surface area contributed by atoms with Crippen LogP contribution in [0.2, 0.25) is 0 Å². The number of nitrogens with zero attached hydrogens (tertiary/aromatic N) is 1. The first kappa shape index (κ1) is 12.5. The molecule has 5 heteroatoms. The molecule has 2 aliphatic rings. The zero-order valence-corrected chi connectivity index (χ0v) is 10.4. The molecule has 0 aromatic rings. The molecule has 0 aliphatic carbocycles. The molecule has 2 rings (SSSR count). The van der Waals surface area contributed by atoms with Crippen molar-refractivity contribution in [3.63, 3.8) is 0 Å². The van der Waals surface area contributed by atoms with Gasteiger partial charge < -0.3 is 10.2 Å². The molecule has 2 N–H and O–H groups in total. The lowest BCUT2D eigenvalue weighted by Gasteiger charge is -2.26. The standard InChI is InChI=1S/C12H21N3O2/c1-15-7-2-3-9(6-8-15)13-10-4-5-11(16)14-12(10)17/h9-10,13H,2-8H2,1H3,(H,14,16,17).